The number of hydrogen-bond donors (Lipinski definition) is 3. The summed E-state index contributed by atoms with van der Waals surface area (Å²) in [6.07, 6.45) is 2.91. The highest BCUT2D eigenvalue weighted by Gasteiger charge is 2.10. The molecule has 1 aromatic heterocycles. The van der Waals surface area contributed by atoms with Crippen LogP contribution >= 0.6 is 0 Å². The maximum absolute atomic E-state index is 11.2. The number of carbonyl (C=O) groups is 2. The van der Waals surface area contributed by atoms with E-state index in [1.165, 1.54) is 12.5 Å². The van der Waals surface area contributed by atoms with Crippen LogP contribution in [-0.4, -0.2) is 40.0 Å². The smallest absolute Gasteiger partial charge is 0.339 e. The highest BCUT2D eigenvalue weighted by molar-refractivity contribution is 5.88. The lowest BCUT2D eigenvalue weighted by molar-refractivity contribution is -0.120. The van der Waals surface area contributed by atoms with Crippen molar-refractivity contribution in [3.8, 4) is 0 Å². The lowest BCUT2D eigenvalue weighted by atomic mass is 10.2. The summed E-state index contributed by atoms with van der Waals surface area (Å²) in [5.41, 5.74) is 0.483. The molecule has 1 rings (SSSR count). The largest absolute Gasteiger partial charge is 0.478 e. The van der Waals surface area contributed by atoms with Crippen molar-refractivity contribution in [1.82, 2.24) is 20.6 Å². The molecule has 3 N–H and O–H groups in total. The topological polar surface area (TPSA) is 104 Å². The van der Waals surface area contributed by atoms with Crippen LogP contribution in [0.1, 0.15) is 29.4 Å². The fourth-order valence-corrected chi connectivity index (χ4v) is 1.37. The third-order valence-electron chi connectivity index (χ3n) is 2.22. The van der Waals surface area contributed by atoms with Crippen LogP contribution in [0, 0.1) is 0 Å². The van der Waals surface area contributed by atoms with Gasteiger partial charge in [0.15, 0.2) is 0 Å². The van der Waals surface area contributed by atoms with Crippen LogP contribution in [0.25, 0.3) is 0 Å². The summed E-state index contributed by atoms with van der Waals surface area (Å²) in [6, 6.07) is 0. The second-order valence-electron chi connectivity index (χ2n) is 3.57. The molecular weight excluding hydrogens is 236 g/mol. The van der Waals surface area contributed by atoms with Gasteiger partial charge in [-0.25, -0.2) is 14.8 Å². The van der Waals surface area contributed by atoms with Gasteiger partial charge in [-0.1, -0.05) is 0 Å². The van der Waals surface area contributed by atoms with Crippen molar-refractivity contribution < 1.29 is 14.7 Å². The summed E-state index contributed by atoms with van der Waals surface area (Å²) in [5.74, 6) is -1.10. The van der Waals surface area contributed by atoms with Crippen molar-refractivity contribution in [1.29, 1.82) is 0 Å². The highest BCUT2D eigenvalue weighted by Crippen LogP contribution is 2.02. The van der Waals surface area contributed by atoms with Gasteiger partial charge in [0.1, 0.15) is 11.9 Å². The van der Waals surface area contributed by atoms with Gasteiger partial charge < -0.3 is 15.7 Å². The predicted molar refractivity (Wildman–Crippen MR) is 64.0 cm³/mol. The Balaban J connectivity index is 2.40. The SMILES string of the molecule is CCNC(=O)CCNCc1ncncc1C(=O)O. The Morgan fingerprint density at radius 2 is 2.22 bits per heavy atom. The molecule has 0 radical (unpaired) electrons. The molecule has 0 atom stereocenters. The second kappa shape index (κ2) is 7.33. The summed E-state index contributed by atoms with van der Waals surface area (Å²) >= 11 is 0. The van der Waals surface area contributed by atoms with Gasteiger partial charge in [0.05, 0.1) is 5.69 Å². The average molecular weight is 252 g/mol. The van der Waals surface area contributed by atoms with Crippen LogP contribution in [-0.2, 0) is 11.3 Å². The lowest BCUT2D eigenvalue weighted by Crippen LogP contribution is -2.27. The summed E-state index contributed by atoms with van der Waals surface area (Å²) in [5, 5.41) is 14.6. The molecule has 7 heteroatoms. The molecule has 1 heterocycles. The molecule has 0 aliphatic rings. The Bertz CT molecular complexity index is 423. The zero-order valence-electron chi connectivity index (χ0n) is 10.1. The van der Waals surface area contributed by atoms with Crippen molar-refractivity contribution in [2.45, 2.75) is 19.9 Å². The molecule has 0 spiro atoms. The Labute approximate surface area is 105 Å². The number of nitrogens with one attached hydrogen (secondary N) is 2. The van der Waals surface area contributed by atoms with Gasteiger partial charge in [0.25, 0.3) is 0 Å². The first-order chi connectivity index (χ1) is 8.65. The molecular formula is C11H16N4O3. The number of hydrogen-bond acceptors (Lipinski definition) is 5. The van der Waals surface area contributed by atoms with Crippen LogP contribution in [0.5, 0.6) is 0 Å². The number of amides is 1. The van der Waals surface area contributed by atoms with Crippen molar-refractivity contribution in [2.75, 3.05) is 13.1 Å². The van der Waals surface area contributed by atoms with E-state index in [-0.39, 0.29) is 11.5 Å². The fraction of sp³-hybridized carbons (Fsp3) is 0.455. The fourth-order valence-electron chi connectivity index (χ4n) is 1.37. The molecule has 98 valence electrons. The molecule has 0 saturated heterocycles. The predicted octanol–water partition coefficient (Wildman–Crippen LogP) is -0.209. The quantitative estimate of drug-likeness (QED) is 0.580. The molecule has 1 aromatic rings. The van der Waals surface area contributed by atoms with Crippen LogP contribution in [0.2, 0.25) is 0 Å². The van der Waals surface area contributed by atoms with Gasteiger partial charge in [-0.2, -0.15) is 0 Å². The van der Waals surface area contributed by atoms with Gasteiger partial charge in [0, 0.05) is 32.3 Å². The minimum Gasteiger partial charge on any atom is -0.478 e. The maximum atomic E-state index is 11.2. The molecule has 0 saturated carbocycles. The first kappa shape index (κ1) is 14.0. The van der Waals surface area contributed by atoms with E-state index in [4.69, 9.17) is 5.11 Å². The number of aromatic nitrogens is 2. The van der Waals surface area contributed by atoms with E-state index >= 15 is 0 Å². The highest BCUT2D eigenvalue weighted by atomic mass is 16.4. The number of nitrogens with zero attached hydrogens (tertiary/aromatic N) is 2. The molecule has 1 amide bonds. The zero-order valence-corrected chi connectivity index (χ0v) is 10.1. The molecule has 18 heavy (non-hydrogen) atoms. The Morgan fingerprint density at radius 1 is 1.44 bits per heavy atom. The number of carbonyl (C=O) groups excluding carboxylic acids is 1. The first-order valence-electron chi connectivity index (χ1n) is 5.64. The lowest BCUT2D eigenvalue weighted by Gasteiger charge is -2.06. The zero-order chi connectivity index (χ0) is 13.4. The minimum absolute atomic E-state index is 0.0360. The van der Waals surface area contributed by atoms with Crippen molar-refractivity contribution in [2.24, 2.45) is 0 Å². The van der Waals surface area contributed by atoms with E-state index in [9.17, 15) is 9.59 Å². The molecule has 0 aliphatic heterocycles. The number of carboxylic acids is 1. The van der Waals surface area contributed by atoms with E-state index in [1.54, 1.807) is 0 Å². The molecule has 0 aliphatic carbocycles. The molecule has 0 unspecified atom stereocenters. The monoisotopic (exact) mass is 252 g/mol. The average Bonchev–Trinajstić information content (AvgIpc) is 2.35. The van der Waals surface area contributed by atoms with Gasteiger partial charge in [-0.05, 0) is 6.92 Å². The molecule has 0 bridgehead atoms. The van der Waals surface area contributed by atoms with E-state index in [0.29, 0.717) is 31.7 Å². The second-order valence-corrected chi connectivity index (χ2v) is 3.57. The summed E-state index contributed by atoms with van der Waals surface area (Å²) in [4.78, 5) is 29.6. The Kier molecular flexibility index (Phi) is 5.72. The summed E-state index contributed by atoms with van der Waals surface area (Å²) in [7, 11) is 0. The van der Waals surface area contributed by atoms with E-state index in [2.05, 4.69) is 20.6 Å². The van der Waals surface area contributed by atoms with E-state index < -0.39 is 5.97 Å². The molecule has 0 aromatic carbocycles. The number of carboxylic acid groups (broad SMARTS) is 1. The van der Waals surface area contributed by atoms with E-state index in [0.717, 1.165) is 0 Å². The van der Waals surface area contributed by atoms with Crippen LogP contribution in [0.15, 0.2) is 12.5 Å². The summed E-state index contributed by atoms with van der Waals surface area (Å²) < 4.78 is 0. The Morgan fingerprint density at radius 3 is 2.89 bits per heavy atom. The third kappa shape index (κ3) is 4.46. The first-order valence-corrected chi connectivity index (χ1v) is 5.64. The molecule has 0 fully saturated rings. The van der Waals surface area contributed by atoms with Crippen LogP contribution in [0.3, 0.4) is 0 Å². The van der Waals surface area contributed by atoms with Gasteiger partial charge >= 0.3 is 5.97 Å². The van der Waals surface area contributed by atoms with Crippen molar-refractivity contribution in [3.05, 3.63) is 23.8 Å². The minimum atomic E-state index is -1.06. The molecule has 7 nitrogen and oxygen atoms in total. The van der Waals surface area contributed by atoms with Gasteiger partial charge in [0.2, 0.25) is 5.91 Å². The number of rotatable bonds is 7. The number of aromatic carboxylic acids is 1. The third-order valence-corrected chi connectivity index (χ3v) is 2.22. The van der Waals surface area contributed by atoms with Gasteiger partial charge in [-0.3, -0.25) is 4.79 Å². The van der Waals surface area contributed by atoms with Crippen LogP contribution < -0.4 is 10.6 Å². The maximum Gasteiger partial charge on any atom is 0.339 e. The standard InChI is InChI=1S/C11H16N4O3/c1-2-14-10(16)3-4-12-6-9-8(11(17)18)5-13-7-15-9/h5,7,12H,2-4,6H2,1H3,(H,14,16)(H,17,18). The van der Waals surface area contributed by atoms with Crippen molar-refractivity contribution in [3.63, 3.8) is 0 Å². The van der Waals surface area contributed by atoms with Crippen LogP contribution in [0.4, 0.5) is 0 Å². The van der Waals surface area contributed by atoms with Gasteiger partial charge in [-0.15, -0.1) is 0 Å². The van der Waals surface area contributed by atoms with E-state index in [1.807, 2.05) is 6.92 Å². The Hall–Kier alpha value is -2.02. The summed E-state index contributed by atoms with van der Waals surface area (Å²) in [6.45, 7) is 3.22. The normalized spacial score (nSPS) is 10.1. The van der Waals surface area contributed by atoms with Crippen molar-refractivity contribution >= 4 is 11.9 Å².